The summed E-state index contributed by atoms with van der Waals surface area (Å²) >= 11 is 0. The van der Waals surface area contributed by atoms with Crippen molar-refractivity contribution in [3.63, 3.8) is 0 Å². The Morgan fingerprint density at radius 1 is 1.32 bits per heavy atom. The Labute approximate surface area is 111 Å². The number of hydrogen-bond acceptors (Lipinski definition) is 4. The van der Waals surface area contributed by atoms with Crippen molar-refractivity contribution in [2.75, 3.05) is 19.5 Å². The lowest BCUT2D eigenvalue weighted by molar-refractivity contribution is 0.387. The van der Waals surface area contributed by atoms with Crippen molar-refractivity contribution in [1.82, 2.24) is 9.97 Å². The second kappa shape index (κ2) is 5.65. The molecule has 100 valence electrons. The molecule has 0 amide bonds. The Kier molecular flexibility index (Phi) is 3.94. The van der Waals surface area contributed by atoms with Crippen LogP contribution in [0.15, 0.2) is 24.3 Å². The summed E-state index contributed by atoms with van der Waals surface area (Å²) in [7, 11) is 3.21. The summed E-state index contributed by atoms with van der Waals surface area (Å²) in [5.41, 5.74) is 0.959. The first-order valence-corrected chi connectivity index (χ1v) is 6.08. The second-order valence-electron chi connectivity index (χ2n) is 3.98. The molecule has 1 N–H and O–H groups in total. The van der Waals surface area contributed by atoms with Crippen LogP contribution in [0.4, 0.5) is 10.2 Å². The van der Waals surface area contributed by atoms with E-state index in [1.165, 1.54) is 7.11 Å². The van der Waals surface area contributed by atoms with Gasteiger partial charge in [0, 0.05) is 25.1 Å². The van der Waals surface area contributed by atoms with E-state index < -0.39 is 5.82 Å². The first-order chi connectivity index (χ1) is 9.19. The van der Waals surface area contributed by atoms with Gasteiger partial charge in [-0.15, -0.1) is 0 Å². The molecule has 0 spiro atoms. The molecule has 1 aromatic heterocycles. The largest absolute Gasteiger partial charge is 0.494 e. The molecular weight excluding hydrogens is 245 g/mol. The number of nitrogens with one attached hydrogen (secondary N) is 1. The van der Waals surface area contributed by atoms with E-state index in [-0.39, 0.29) is 5.75 Å². The van der Waals surface area contributed by atoms with Crippen LogP contribution in [0, 0.1) is 5.82 Å². The van der Waals surface area contributed by atoms with Gasteiger partial charge in [0.1, 0.15) is 11.6 Å². The highest BCUT2D eigenvalue weighted by atomic mass is 19.1. The molecule has 5 heteroatoms. The number of halogens is 1. The number of anilines is 1. The van der Waals surface area contributed by atoms with Crippen molar-refractivity contribution in [1.29, 1.82) is 0 Å². The molecule has 0 aliphatic rings. The summed E-state index contributed by atoms with van der Waals surface area (Å²) in [6.07, 6.45) is 0.689. The monoisotopic (exact) mass is 261 g/mol. The van der Waals surface area contributed by atoms with Gasteiger partial charge in [-0.3, -0.25) is 0 Å². The van der Waals surface area contributed by atoms with E-state index in [0.29, 0.717) is 29.3 Å². The Hall–Kier alpha value is -2.17. The van der Waals surface area contributed by atoms with Crippen molar-refractivity contribution in [3.8, 4) is 17.0 Å². The lowest BCUT2D eigenvalue weighted by atomic mass is 10.1. The number of rotatable bonds is 4. The summed E-state index contributed by atoms with van der Waals surface area (Å²) < 4.78 is 19.2. The molecule has 0 aliphatic heterocycles. The minimum absolute atomic E-state index is 0.208. The summed E-state index contributed by atoms with van der Waals surface area (Å²) in [5.74, 6) is 1.14. The molecule has 0 unspecified atom stereocenters. The first-order valence-electron chi connectivity index (χ1n) is 6.08. The van der Waals surface area contributed by atoms with E-state index in [2.05, 4.69) is 15.3 Å². The summed E-state index contributed by atoms with van der Waals surface area (Å²) in [4.78, 5) is 8.65. The Morgan fingerprint density at radius 3 is 2.74 bits per heavy atom. The Morgan fingerprint density at radius 2 is 2.11 bits per heavy atom. The van der Waals surface area contributed by atoms with E-state index in [1.807, 2.05) is 6.92 Å². The van der Waals surface area contributed by atoms with Crippen molar-refractivity contribution in [2.24, 2.45) is 0 Å². The Balaban J connectivity index is 2.58. The topological polar surface area (TPSA) is 47.0 Å². The number of ether oxygens (including phenoxy) is 1. The maximum Gasteiger partial charge on any atom is 0.174 e. The second-order valence-corrected chi connectivity index (χ2v) is 3.98. The molecule has 0 saturated heterocycles. The molecule has 0 fully saturated rings. The molecule has 2 aromatic rings. The van der Waals surface area contributed by atoms with Gasteiger partial charge in [0.05, 0.1) is 12.8 Å². The van der Waals surface area contributed by atoms with Crippen molar-refractivity contribution in [3.05, 3.63) is 35.9 Å². The van der Waals surface area contributed by atoms with Gasteiger partial charge in [-0.1, -0.05) is 13.0 Å². The predicted molar refractivity (Wildman–Crippen MR) is 72.9 cm³/mol. The fourth-order valence-corrected chi connectivity index (χ4v) is 1.79. The third-order valence-electron chi connectivity index (χ3n) is 2.80. The van der Waals surface area contributed by atoms with Crippen molar-refractivity contribution >= 4 is 5.82 Å². The molecule has 2 rings (SSSR count). The quantitative estimate of drug-likeness (QED) is 0.919. The third kappa shape index (κ3) is 2.65. The zero-order chi connectivity index (χ0) is 13.8. The van der Waals surface area contributed by atoms with Crippen LogP contribution in [0.1, 0.15) is 12.7 Å². The predicted octanol–water partition coefficient (Wildman–Crippen LogP) is 2.90. The summed E-state index contributed by atoms with van der Waals surface area (Å²) in [6.45, 7) is 1.96. The number of aryl methyl sites for hydroxylation is 1. The van der Waals surface area contributed by atoms with Gasteiger partial charge in [0.25, 0.3) is 0 Å². The SMILES string of the molecule is CCc1nc(NC)cc(-c2cccc(OC)c2F)n1. The van der Waals surface area contributed by atoms with Crippen molar-refractivity contribution in [2.45, 2.75) is 13.3 Å². The third-order valence-corrected chi connectivity index (χ3v) is 2.80. The van der Waals surface area contributed by atoms with E-state index in [9.17, 15) is 4.39 Å². The van der Waals surface area contributed by atoms with Crippen LogP contribution in [-0.4, -0.2) is 24.1 Å². The van der Waals surface area contributed by atoms with Crippen LogP contribution in [0.2, 0.25) is 0 Å². The van der Waals surface area contributed by atoms with Crippen molar-refractivity contribution < 1.29 is 9.13 Å². The molecule has 1 aromatic carbocycles. The zero-order valence-electron chi connectivity index (χ0n) is 11.2. The molecule has 0 bridgehead atoms. The van der Waals surface area contributed by atoms with Crippen LogP contribution in [-0.2, 0) is 6.42 Å². The fourth-order valence-electron chi connectivity index (χ4n) is 1.79. The minimum Gasteiger partial charge on any atom is -0.494 e. The lowest BCUT2D eigenvalue weighted by Gasteiger charge is -2.09. The number of hydrogen-bond donors (Lipinski definition) is 1. The molecule has 0 saturated carbocycles. The molecule has 0 atom stereocenters. The van der Waals surface area contributed by atoms with Gasteiger partial charge < -0.3 is 10.1 Å². The van der Waals surface area contributed by atoms with Gasteiger partial charge in [-0.2, -0.15) is 0 Å². The summed E-state index contributed by atoms with van der Waals surface area (Å²) in [5, 5.41) is 2.96. The van der Waals surface area contributed by atoms with Gasteiger partial charge in [-0.25, -0.2) is 14.4 Å². The van der Waals surface area contributed by atoms with E-state index in [4.69, 9.17) is 4.74 Å². The van der Waals surface area contributed by atoms with Gasteiger partial charge in [-0.05, 0) is 12.1 Å². The normalized spacial score (nSPS) is 10.3. The highest BCUT2D eigenvalue weighted by Gasteiger charge is 2.13. The first kappa shape index (κ1) is 13.3. The highest BCUT2D eigenvalue weighted by molar-refractivity contribution is 5.65. The highest BCUT2D eigenvalue weighted by Crippen LogP contribution is 2.28. The van der Waals surface area contributed by atoms with Gasteiger partial charge in [0.2, 0.25) is 0 Å². The summed E-state index contributed by atoms with van der Waals surface area (Å²) in [6, 6.07) is 6.72. The average Bonchev–Trinajstić information content (AvgIpc) is 2.46. The number of aromatic nitrogens is 2. The van der Waals surface area contributed by atoms with Crippen LogP contribution in [0.25, 0.3) is 11.3 Å². The molecular formula is C14H16FN3O. The van der Waals surface area contributed by atoms with E-state index >= 15 is 0 Å². The molecule has 4 nitrogen and oxygen atoms in total. The van der Waals surface area contributed by atoms with Gasteiger partial charge >= 0.3 is 0 Å². The smallest absolute Gasteiger partial charge is 0.174 e. The molecule has 0 radical (unpaired) electrons. The lowest BCUT2D eigenvalue weighted by Crippen LogP contribution is -2.02. The molecule has 19 heavy (non-hydrogen) atoms. The molecule has 1 heterocycles. The number of benzene rings is 1. The van der Waals surface area contributed by atoms with Crippen LogP contribution in [0.5, 0.6) is 5.75 Å². The average molecular weight is 261 g/mol. The molecule has 0 aliphatic carbocycles. The Bertz CT molecular complexity index is 565. The number of methoxy groups -OCH3 is 1. The standard InChI is InChI=1S/C14H16FN3O/c1-4-12-17-10(8-13(16-2)18-12)9-6-5-7-11(19-3)14(9)15/h5-8H,4H2,1-3H3,(H,16,17,18). The maximum absolute atomic E-state index is 14.2. The van der Waals surface area contributed by atoms with E-state index in [0.717, 1.165) is 0 Å². The van der Waals surface area contributed by atoms with Crippen LogP contribution >= 0.6 is 0 Å². The number of nitrogens with zero attached hydrogens (tertiary/aromatic N) is 2. The fraction of sp³-hybridized carbons (Fsp3) is 0.286. The van der Waals surface area contributed by atoms with E-state index in [1.54, 1.807) is 31.3 Å². The zero-order valence-corrected chi connectivity index (χ0v) is 11.2. The van der Waals surface area contributed by atoms with Crippen LogP contribution in [0.3, 0.4) is 0 Å². The van der Waals surface area contributed by atoms with Crippen LogP contribution < -0.4 is 10.1 Å². The maximum atomic E-state index is 14.2. The van der Waals surface area contributed by atoms with Gasteiger partial charge in [0.15, 0.2) is 11.6 Å². The minimum atomic E-state index is -0.409.